The third kappa shape index (κ3) is 3.62. The van der Waals surface area contributed by atoms with Crippen LogP contribution >= 0.6 is 0 Å². The Kier molecular flexibility index (Phi) is 4.97. The SMILES string of the molecule is N#Cc1ccccc1CN1CCN(Cc2cccc3ccccc23)CC1. The first-order chi connectivity index (χ1) is 12.8. The van der Waals surface area contributed by atoms with Crippen LogP contribution in [0.1, 0.15) is 16.7 Å². The minimum absolute atomic E-state index is 0.797. The number of nitrogens with zero attached hydrogens (tertiary/aromatic N) is 3. The number of fused-ring (bicyclic) bond motifs is 1. The van der Waals surface area contributed by atoms with Crippen molar-refractivity contribution < 1.29 is 0 Å². The van der Waals surface area contributed by atoms with Crippen molar-refractivity contribution >= 4 is 10.8 Å². The summed E-state index contributed by atoms with van der Waals surface area (Å²) < 4.78 is 0. The largest absolute Gasteiger partial charge is 0.297 e. The summed E-state index contributed by atoms with van der Waals surface area (Å²) in [5, 5.41) is 11.9. The number of hydrogen-bond donors (Lipinski definition) is 0. The average molecular weight is 341 g/mol. The molecule has 0 aliphatic carbocycles. The molecule has 0 N–H and O–H groups in total. The maximum atomic E-state index is 9.26. The highest BCUT2D eigenvalue weighted by atomic mass is 15.3. The molecule has 130 valence electrons. The van der Waals surface area contributed by atoms with Gasteiger partial charge in [0.25, 0.3) is 0 Å². The molecule has 4 rings (SSSR count). The maximum Gasteiger partial charge on any atom is 0.0995 e. The van der Waals surface area contributed by atoms with E-state index in [0.29, 0.717) is 0 Å². The van der Waals surface area contributed by atoms with Gasteiger partial charge in [0.15, 0.2) is 0 Å². The summed E-state index contributed by atoms with van der Waals surface area (Å²) in [7, 11) is 0. The molecule has 1 saturated heterocycles. The zero-order valence-electron chi connectivity index (χ0n) is 14.9. The Hall–Kier alpha value is -2.67. The van der Waals surface area contributed by atoms with Gasteiger partial charge in [0.05, 0.1) is 11.6 Å². The van der Waals surface area contributed by atoms with Crippen LogP contribution in [0.2, 0.25) is 0 Å². The Morgan fingerprint density at radius 2 is 1.27 bits per heavy atom. The van der Waals surface area contributed by atoms with Crippen LogP contribution in [0.25, 0.3) is 10.8 Å². The quantitative estimate of drug-likeness (QED) is 0.718. The summed E-state index contributed by atoms with van der Waals surface area (Å²) in [6.45, 7) is 6.10. The van der Waals surface area contributed by atoms with Crippen molar-refractivity contribution in [3.05, 3.63) is 83.4 Å². The first-order valence-corrected chi connectivity index (χ1v) is 9.23. The summed E-state index contributed by atoms with van der Waals surface area (Å²) in [6, 6.07) is 25.5. The third-order valence-corrected chi connectivity index (χ3v) is 5.27. The van der Waals surface area contributed by atoms with Crippen LogP contribution in [0.5, 0.6) is 0 Å². The molecule has 3 heteroatoms. The molecule has 0 saturated carbocycles. The third-order valence-electron chi connectivity index (χ3n) is 5.27. The van der Waals surface area contributed by atoms with Gasteiger partial charge in [-0.2, -0.15) is 5.26 Å². The van der Waals surface area contributed by atoms with Gasteiger partial charge in [-0.05, 0) is 28.0 Å². The van der Waals surface area contributed by atoms with E-state index in [0.717, 1.165) is 50.4 Å². The van der Waals surface area contributed by atoms with Gasteiger partial charge in [-0.25, -0.2) is 0 Å². The molecular weight excluding hydrogens is 318 g/mol. The second-order valence-corrected chi connectivity index (χ2v) is 6.96. The molecule has 1 heterocycles. The van der Waals surface area contributed by atoms with Crippen LogP contribution in [-0.2, 0) is 13.1 Å². The fourth-order valence-corrected chi connectivity index (χ4v) is 3.78. The van der Waals surface area contributed by atoms with E-state index in [1.165, 1.54) is 16.3 Å². The standard InChI is InChI=1S/C23H23N3/c24-16-20-7-1-2-8-21(20)17-25-12-14-26(15-13-25)18-22-10-5-9-19-6-3-4-11-23(19)22/h1-11H,12-15,17-18H2. The predicted molar refractivity (Wildman–Crippen MR) is 106 cm³/mol. The Morgan fingerprint density at radius 1 is 0.692 bits per heavy atom. The van der Waals surface area contributed by atoms with Crippen LogP contribution in [0, 0.1) is 11.3 Å². The first kappa shape index (κ1) is 16.8. The normalized spacial score (nSPS) is 15.8. The molecule has 0 unspecified atom stereocenters. The lowest BCUT2D eigenvalue weighted by atomic mass is 10.0. The van der Waals surface area contributed by atoms with E-state index in [1.807, 2.05) is 18.2 Å². The lowest BCUT2D eigenvalue weighted by Gasteiger charge is -2.35. The molecule has 3 aromatic rings. The number of rotatable bonds is 4. The van der Waals surface area contributed by atoms with Crippen molar-refractivity contribution in [2.45, 2.75) is 13.1 Å². The van der Waals surface area contributed by atoms with Gasteiger partial charge < -0.3 is 0 Å². The van der Waals surface area contributed by atoms with Crippen LogP contribution in [0.3, 0.4) is 0 Å². The molecule has 1 fully saturated rings. The van der Waals surface area contributed by atoms with Crippen molar-refractivity contribution in [3.8, 4) is 6.07 Å². The summed E-state index contributed by atoms with van der Waals surface area (Å²) in [5.74, 6) is 0. The topological polar surface area (TPSA) is 30.3 Å². The van der Waals surface area contributed by atoms with E-state index >= 15 is 0 Å². The van der Waals surface area contributed by atoms with Crippen molar-refractivity contribution in [1.29, 1.82) is 5.26 Å². The molecule has 1 aliphatic rings. The van der Waals surface area contributed by atoms with Gasteiger partial charge in [-0.15, -0.1) is 0 Å². The molecule has 3 aromatic carbocycles. The van der Waals surface area contributed by atoms with Crippen molar-refractivity contribution in [2.24, 2.45) is 0 Å². The predicted octanol–water partition coefficient (Wildman–Crippen LogP) is 4.03. The van der Waals surface area contributed by atoms with Crippen molar-refractivity contribution in [2.75, 3.05) is 26.2 Å². The van der Waals surface area contributed by atoms with Gasteiger partial charge in [0.1, 0.15) is 0 Å². The zero-order valence-corrected chi connectivity index (χ0v) is 14.9. The second-order valence-electron chi connectivity index (χ2n) is 6.96. The van der Waals surface area contributed by atoms with E-state index in [9.17, 15) is 5.26 Å². The van der Waals surface area contributed by atoms with E-state index < -0.39 is 0 Å². The number of piperazine rings is 1. The van der Waals surface area contributed by atoms with Crippen LogP contribution < -0.4 is 0 Å². The molecule has 0 spiro atoms. The van der Waals surface area contributed by atoms with Gasteiger partial charge in [0.2, 0.25) is 0 Å². The first-order valence-electron chi connectivity index (χ1n) is 9.23. The monoisotopic (exact) mass is 341 g/mol. The fourth-order valence-electron chi connectivity index (χ4n) is 3.78. The Labute approximate surface area is 155 Å². The Morgan fingerprint density at radius 3 is 2.04 bits per heavy atom. The van der Waals surface area contributed by atoms with E-state index in [2.05, 4.69) is 64.4 Å². The lowest BCUT2D eigenvalue weighted by molar-refractivity contribution is 0.122. The zero-order chi connectivity index (χ0) is 17.8. The van der Waals surface area contributed by atoms with Gasteiger partial charge in [-0.1, -0.05) is 60.7 Å². The molecule has 0 radical (unpaired) electrons. The van der Waals surface area contributed by atoms with Gasteiger partial charge in [0, 0.05) is 39.3 Å². The Bertz CT molecular complexity index is 928. The fraction of sp³-hybridized carbons (Fsp3) is 0.261. The molecule has 0 aromatic heterocycles. The molecule has 3 nitrogen and oxygen atoms in total. The number of hydrogen-bond acceptors (Lipinski definition) is 3. The number of nitriles is 1. The van der Waals surface area contributed by atoms with Crippen LogP contribution in [0.4, 0.5) is 0 Å². The minimum atomic E-state index is 0.797. The highest BCUT2D eigenvalue weighted by Crippen LogP contribution is 2.21. The maximum absolute atomic E-state index is 9.26. The minimum Gasteiger partial charge on any atom is -0.297 e. The van der Waals surface area contributed by atoms with Crippen molar-refractivity contribution in [1.82, 2.24) is 9.80 Å². The molecule has 26 heavy (non-hydrogen) atoms. The highest BCUT2D eigenvalue weighted by Gasteiger charge is 2.18. The lowest BCUT2D eigenvalue weighted by Crippen LogP contribution is -2.45. The van der Waals surface area contributed by atoms with Crippen LogP contribution in [-0.4, -0.2) is 36.0 Å². The second kappa shape index (κ2) is 7.70. The average Bonchev–Trinajstić information content (AvgIpc) is 2.70. The van der Waals surface area contributed by atoms with E-state index in [4.69, 9.17) is 0 Å². The molecule has 0 amide bonds. The summed E-state index contributed by atoms with van der Waals surface area (Å²) >= 11 is 0. The Balaban J connectivity index is 1.39. The molecular formula is C23H23N3. The summed E-state index contributed by atoms with van der Waals surface area (Å²) in [4.78, 5) is 4.99. The highest BCUT2D eigenvalue weighted by molar-refractivity contribution is 5.85. The molecule has 0 atom stereocenters. The van der Waals surface area contributed by atoms with Crippen LogP contribution in [0.15, 0.2) is 66.7 Å². The van der Waals surface area contributed by atoms with E-state index in [-0.39, 0.29) is 0 Å². The summed E-state index contributed by atoms with van der Waals surface area (Å²) in [6.07, 6.45) is 0. The molecule has 0 bridgehead atoms. The van der Waals surface area contributed by atoms with Crippen molar-refractivity contribution in [3.63, 3.8) is 0 Å². The smallest absolute Gasteiger partial charge is 0.0995 e. The number of benzene rings is 3. The summed E-state index contributed by atoms with van der Waals surface area (Å²) in [5.41, 5.74) is 3.34. The molecule has 1 aliphatic heterocycles. The van der Waals surface area contributed by atoms with Gasteiger partial charge >= 0.3 is 0 Å². The van der Waals surface area contributed by atoms with E-state index in [1.54, 1.807) is 0 Å². The van der Waals surface area contributed by atoms with Gasteiger partial charge in [-0.3, -0.25) is 9.80 Å².